The fraction of sp³-hybridized carbons (Fsp3) is 0.125. The molecule has 3 rings (SSSR count). The molecule has 122 valence electrons. The SMILES string of the molecule is CCN1C(=O)S/C(=C\c2ccc(-c3ccc([N+](=O)[O-])cc3)o2)C1=O. The van der Waals surface area contributed by atoms with Crippen molar-refractivity contribution in [2.45, 2.75) is 6.92 Å². The molecule has 0 bridgehead atoms. The number of benzene rings is 1. The maximum atomic E-state index is 12.0. The molecule has 1 aliphatic rings. The van der Waals surface area contributed by atoms with E-state index in [2.05, 4.69) is 0 Å². The van der Waals surface area contributed by atoms with Gasteiger partial charge in [0.25, 0.3) is 16.8 Å². The normalized spacial score (nSPS) is 16.2. The third-order valence-corrected chi connectivity index (χ3v) is 4.36. The van der Waals surface area contributed by atoms with Crippen molar-refractivity contribution in [1.82, 2.24) is 4.90 Å². The fourth-order valence-electron chi connectivity index (χ4n) is 2.23. The van der Waals surface area contributed by atoms with Crippen LogP contribution in [0.5, 0.6) is 0 Å². The van der Waals surface area contributed by atoms with Crippen molar-refractivity contribution in [1.29, 1.82) is 0 Å². The standard InChI is InChI=1S/C16H12N2O5S/c1-2-17-15(19)14(24-16(17)20)9-12-7-8-13(23-12)10-3-5-11(6-4-10)18(21)22/h3-9H,2H2,1H3/b14-9-. The monoisotopic (exact) mass is 344 g/mol. The second-order valence-electron chi connectivity index (χ2n) is 4.93. The first kappa shape index (κ1) is 16.0. The smallest absolute Gasteiger partial charge is 0.293 e. The minimum Gasteiger partial charge on any atom is -0.457 e. The van der Waals surface area contributed by atoms with Gasteiger partial charge in [-0.15, -0.1) is 0 Å². The summed E-state index contributed by atoms with van der Waals surface area (Å²) in [6.07, 6.45) is 1.52. The Bertz CT molecular complexity index is 854. The van der Waals surface area contributed by atoms with E-state index in [0.29, 0.717) is 28.5 Å². The molecule has 0 unspecified atom stereocenters. The van der Waals surface area contributed by atoms with Crippen molar-refractivity contribution in [3.63, 3.8) is 0 Å². The van der Waals surface area contributed by atoms with Crippen molar-refractivity contribution in [2.75, 3.05) is 6.54 Å². The Morgan fingerprint density at radius 2 is 1.92 bits per heavy atom. The van der Waals surface area contributed by atoms with Gasteiger partial charge in [-0.2, -0.15) is 0 Å². The molecule has 0 saturated carbocycles. The number of rotatable bonds is 4. The molecule has 0 N–H and O–H groups in total. The minimum atomic E-state index is -0.471. The molecule has 2 heterocycles. The summed E-state index contributed by atoms with van der Waals surface area (Å²) in [6, 6.07) is 9.35. The highest BCUT2D eigenvalue weighted by Gasteiger charge is 2.33. The number of nitro groups is 1. The summed E-state index contributed by atoms with van der Waals surface area (Å²) in [5.41, 5.74) is 0.681. The van der Waals surface area contributed by atoms with E-state index in [1.54, 1.807) is 31.2 Å². The Morgan fingerprint density at radius 3 is 2.50 bits per heavy atom. The van der Waals surface area contributed by atoms with Crippen LogP contribution in [-0.4, -0.2) is 27.5 Å². The van der Waals surface area contributed by atoms with Crippen LogP contribution in [0.25, 0.3) is 17.4 Å². The van der Waals surface area contributed by atoms with Crippen LogP contribution in [0, 0.1) is 10.1 Å². The van der Waals surface area contributed by atoms with E-state index < -0.39 is 4.92 Å². The van der Waals surface area contributed by atoms with Gasteiger partial charge in [-0.1, -0.05) is 0 Å². The number of nitrogens with zero attached hydrogens (tertiary/aromatic N) is 2. The number of likely N-dealkylation sites (N-methyl/N-ethyl adjacent to an activating group) is 1. The lowest BCUT2D eigenvalue weighted by Gasteiger charge is -2.06. The Labute approximate surface area is 141 Å². The van der Waals surface area contributed by atoms with Crippen LogP contribution >= 0.6 is 11.8 Å². The molecule has 1 aromatic carbocycles. The Hall–Kier alpha value is -2.87. The highest BCUT2D eigenvalue weighted by molar-refractivity contribution is 8.18. The van der Waals surface area contributed by atoms with Crippen LogP contribution in [-0.2, 0) is 4.79 Å². The van der Waals surface area contributed by atoms with E-state index in [4.69, 9.17) is 4.42 Å². The van der Waals surface area contributed by atoms with E-state index >= 15 is 0 Å². The molecule has 0 atom stereocenters. The summed E-state index contributed by atoms with van der Waals surface area (Å²) < 4.78 is 5.64. The van der Waals surface area contributed by atoms with Gasteiger partial charge in [-0.3, -0.25) is 24.6 Å². The molecule has 7 nitrogen and oxygen atoms in total. The zero-order chi connectivity index (χ0) is 17.3. The van der Waals surface area contributed by atoms with Crippen LogP contribution in [0.3, 0.4) is 0 Å². The van der Waals surface area contributed by atoms with Gasteiger partial charge in [-0.05, 0) is 43.0 Å². The third-order valence-electron chi connectivity index (χ3n) is 3.45. The number of thioether (sulfide) groups is 1. The molecule has 0 spiro atoms. The largest absolute Gasteiger partial charge is 0.457 e. The number of carbonyl (C=O) groups excluding carboxylic acids is 2. The van der Waals surface area contributed by atoms with Gasteiger partial charge in [0.15, 0.2) is 0 Å². The number of imide groups is 1. The third kappa shape index (κ3) is 2.95. The van der Waals surface area contributed by atoms with E-state index in [1.165, 1.54) is 18.2 Å². The lowest BCUT2D eigenvalue weighted by molar-refractivity contribution is -0.384. The lowest BCUT2D eigenvalue weighted by Crippen LogP contribution is -2.27. The predicted octanol–water partition coefficient (Wildman–Crippen LogP) is 3.91. The zero-order valence-corrected chi connectivity index (χ0v) is 13.4. The Kier molecular flexibility index (Phi) is 4.22. The van der Waals surface area contributed by atoms with Crippen LogP contribution < -0.4 is 0 Å². The first-order valence-electron chi connectivity index (χ1n) is 7.09. The summed E-state index contributed by atoms with van der Waals surface area (Å²) in [5.74, 6) is 0.622. The summed E-state index contributed by atoms with van der Waals surface area (Å²) in [7, 11) is 0. The van der Waals surface area contributed by atoms with Crippen molar-refractivity contribution >= 4 is 34.7 Å². The highest BCUT2D eigenvalue weighted by Crippen LogP contribution is 2.33. The van der Waals surface area contributed by atoms with Gasteiger partial charge < -0.3 is 4.42 Å². The van der Waals surface area contributed by atoms with Gasteiger partial charge in [0.2, 0.25) is 0 Å². The van der Waals surface area contributed by atoms with Gasteiger partial charge in [-0.25, -0.2) is 0 Å². The van der Waals surface area contributed by atoms with Crippen LogP contribution in [0.2, 0.25) is 0 Å². The average molecular weight is 344 g/mol. The van der Waals surface area contributed by atoms with Gasteiger partial charge in [0.05, 0.1) is 9.83 Å². The lowest BCUT2D eigenvalue weighted by atomic mass is 10.1. The average Bonchev–Trinajstić information content (AvgIpc) is 3.13. The summed E-state index contributed by atoms with van der Waals surface area (Å²) in [6.45, 7) is 2.06. The molecule has 0 aliphatic carbocycles. The number of nitro benzene ring substituents is 1. The number of amides is 2. The predicted molar refractivity (Wildman–Crippen MR) is 89.1 cm³/mol. The van der Waals surface area contributed by atoms with E-state index in [-0.39, 0.29) is 16.8 Å². The molecule has 1 saturated heterocycles. The number of furan rings is 1. The number of hydrogen-bond acceptors (Lipinski definition) is 6. The van der Waals surface area contributed by atoms with Crippen molar-refractivity contribution in [3.8, 4) is 11.3 Å². The number of hydrogen-bond donors (Lipinski definition) is 0. The fourth-order valence-corrected chi connectivity index (χ4v) is 3.12. The number of carbonyl (C=O) groups is 2. The van der Waals surface area contributed by atoms with Gasteiger partial charge in [0.1, 0.15) is 11.5 Å². The zero-order valence-electron chi connectivity index (χ0n) is 12.6. The molecule has 2 amide bonds. The van der Waals surface area contributed by atoms with E-state index in [0.717, 1.165) is 16.7 Å². The maximum Gasteiger partial charge on any atom is 0.293 e. The highest BCUT2D eigenvalue weighted by atomic mass is 32.2. The first-order valence-corrected chi connectivity index (χ1v) is 7.91. The first-order chi connectivity index (χ1) is 11.5. The Morgan fingerprint density at radius 1 is 1.21 bits per heavy atom. The molecular weight excluding hydrogens is 332 g/mol. The molecule has 8 heteroatoms. The molecule has 0 radical (unpaired) electrons. The summed E-state index contributed by atoms with van der Waals surface area (Å²) >= 11 is 0.875. The molecule has 1 aliphatic heterocycles. The van der Waals surface area contributed by atoms with Crippen molar-refractivity contribution < 1.29 is 18.9 Å². The maximum absolute atomic E-state index is 12.0. The minimum absolute atomic E-state index is 0.00114. The van der Waals surface area contributed by atoms with E-state index in [1.807, 2.05) is 0 Å². The van der Waals surface area contributed by atoms with E-state index in [9.17, 15) is 19.7 Å². The molecule has 1 fully saturated rings. The number of non-ortho nitro benzene ring substituents is 1. The molecule has 24 heavy (non-hydrogen) atoms. The molecular formula is C16H12N2O5S. The van der Waals surface area contributed by atoms with Crippen LogP contribution in [0.1, 0.15) is 12.7 Å². The molecule has 1 aromatic heterocycles. The van der Waals surface area contributed by atoms with Crippen LogP contribution in [0.4, 0.5) is 10.5 Å². The summed E-state index contributed by atoms with van der Waals surface area (Å²) in [5, 5.41) is 10.4. The second kappa shape index (κ2) is 6.32. The summed E-state index contributed by atoms with van der Waals surface area (Å²) in [4.78, 5) is 35.4. The quantitative estimate of drug-likeness (QED) is 0.474. The Balaban J connectivity index is 1.83. The second-order valence-corrected chi connectivity index (χ2v) is 5.93. The van der Waals surface area contributed by atoms with Crippen LogP contribution in [0.15, 0.2) is 45.7 Å². The van der Waals surface area contributed by atoms with Crippen molar-refractivity contribution in [3.05, 3.63) is 57.2 Å². The van der Waals surface area contributed by atoms with Gasteiger partial charge in [0, 0.05) is 30.3 Å². The van der Waals surface area contributed by atoms with Gasteiger partial charge >= 0.3 is 0 Å². The topological polar surface area (TPSA) is 93.7 Å². The van der Waals surface area contributed by atoms with Crippen molar-refractivity contribution in [2.24, 2.45) is 0 Å². The molecule has 2 aromatic rings.